The Morgan fingerprint density at radius 2 is 2.28 bits per heavy atom. The lowest BCUT2D eigenvalue weighted by atomic mass is 10.3. The molecule has 2 amide bonds. The van der Waals surface area contributed by atoms with E-state index in [0.717, 1.165) is 0 Å². The van der Waals surface area contributed by atoms with Gasteiger partial charge in [-0.25, -0.2) is 9.59 Å². The van der Waals surface area contributed by atoms with Crippen LogP contribution in [0.4, 0.5) is 10.5 Å². The minimum Gasteiger partial charge on any atom is -0.477 e. The molecule has 1 aliphatic heterocycles. The number of amides is 2. The fourth-order valence-electron chi connectivity index (χ4n) is 1.98. The highest BCUT2D eigenvalue weighted by molar-refractivity contribution is 5.99. The molecule has 0 bridgehead atoms. The number of β-amino-alcohol motifs (C(OH)–C–C–N with tert-alkyl or cyclic N) is 1. The number of aliphatic hydroxyl groups is 1. The summed E-state index contributed by atoms with van der Waals surface area (Å²) in [7, 11) is 0. The molecule has 1 atom stereocenters. The Hall–Kier alpha value is -2.02. The third-order valence-electron chi connectivity index (χ3n) is 2.86. The van der Waals surface area contributed by atoms with Gasteiger partial charge in [-0.2, -0.15) is 0 Å². The van der Waals surface area contributed by atoms with E-state index in [1.807, 2.05) is 0 Å². The fourth-order valence-corrected chi connectivity index (χ4v) is 1.98. The molecule has 1 saturated heterocycles. The molecule has 1 aromatic rings. The molecule has 0 saturated carbocycles. The van der Waals surface area contributed by atoms with Gasteiger partial charge >= 0.3 is 12.0 Å². The first-order valence-electron chi connectivity index (χ1n) is 5.64. The number of carbonyl (C=O) groups is 2. The summed E-state index contributed by atoms with van der Waals surface area (Å²) < 4.78 is 0. The van der Waals surface area contributed by atoms with Gasteiger partial charge in [0.2, 0.25) is 0 Å². The van der Waals surface area contributed by atoms with Crippen molar-refractivity contribution in [2.45, 2.75) is 19.4 Å². The molecule has 98 valence electrons. The highest BCUT2D eigenvalue weighted by Crippen LogP contribution is 2.18. The van der Waals surface area contributed by atoms with Crippen LogP contribution in [0.15, 0.2) is 6.07 Å². The summed E-state index contributed by atoms with van der Waals surface area (Å²) in [6, 6.07) is 1.17. The normalized spacial score (nSPS) is 19.0. The van der Waals surface area contributed by atoms with Crippen LogP contribution < -0.4 is 5.32 Å². The molecule has 18 heavy (non-hydrogen) atoms. The number of aliphatic hydroxyl groups excluding tert-OH is 1. The third kappa shape index (κ3) is 2.45. The number of aromatic nitrogens is 1. The first-order chi connectivity index (χ1) is 8.47. The van der Waals surface area contributed by atoms with Gasteiger partial charge in [-0.3, -0.25) is 0 Å². The van der Waals surface area contributed by atoms with Gasteiger partial charge < -0.3 is 25.4 Å². The van der Waals surface area contributed by atoms with Gasteiger partial charge in [0.1, 0.15) is 5.69 Å². The number of urea groups is 1. The maximum atomic E-state index is 11.8. The average molecular weight is 253 g/mol. The van der Waals surface area contributed by atoms with Gasteiger partial charge in [-0.1, -0.05) is 0 Å². The molecule has 4 N–H and O–H groups in total. The summed E-state index contributed by atoms with van der Waals surface area (Å²) >= 11 is 0. The first kappa shape index (κ1) is 12.4. The maximum absolute atomic E-state index is 11.8. The molecule has 0 aliphatic carbocycles. The number of aromatic amines is 1. The Morgan fingerprint density at radius 3 is 2.83 bits per heavy atom. The molecule has 0 radical (unpaired) electrons. The van der Waals surface area contributed by atoms with E-state index in [1.54, 1.807) is 13.0 Å². The number of hydrogen-bond donors (Lipinski definition) is 4. The van der Waals surface area contributed by atoms with Crippen molar-refractivity contribution in [1.29, 1.82) is 0 Å². The number of carbonyl (C=O) groups excluding carboxylic acids is 1. The monoisotopic (exact) mass is 253 g/mol. The molecule has 2 heterocycles. The molecule has 1 aliphatic rings. The summed E-state index contributed by atoms with van der Waals surface area (Å²) in [6.07, 6.45) is 0.0495. The summed E-state index contributed by atoms with van der Waals surface area (Å²) in [6.45, 7) is 2.46. The van der Waals surface area contributed by atoms with Crippen LogP contribution in [0.25, 0.3) is 0 Å². The van der Waals surface area contributed by atoms with Gasteiger partial charge in [0.15, 0.2) is 0 Å². The predicted octanol–water partition coefficient (Wildman–Crippen LogP) is 0.620. The molecule has 1 unspecified atom stereocenters. The Labute approximate surface area is 103 Å². The van der Waals surface area contributed by atoms with Crippen LogP contribution in [0, 0.1) is 6.92 Å². The highest BCUT2D eigenvalue weighted by atomic mass is 16.4. The number of aromatic carboxylic acids is 1. The number of hydrogen-bond acceptors (Lipinski definition) is 3. The quantitative estimate of drug-likeness (QED) is 0.620. The van der Waals surface area contributed by atoms with Crippen molar-refractivity contribution in [3.05, 3.63) is 17.5 Å². The lowest BCUT2D eigenvalue weighted by molar-refractivity contribution is 0.0692. The highest BCUT2D eigenvalue weighted by Gasteiger charge is 2.25. The number of carboxylic acid groups (broad SMARTS) is 1. The third-order valence-corrected chi connectivity index (χ3v) is 2.86. The van der Waals surface area contributed by atoms with Gasteiger partial charge in [-0.15, -0.1) is 0 Å². The Morgan fingerprint density at radius 1 is 1.56 bits per heavy atom. The zero-order valence-electron chi connectivity index (χ0n) is 9.93. The number of rotatable bonds is 2. The smallest absolute Gasteiger partial charge is 0.354 e. The lowest BCUT2D eigenvalue weighted by Crippen LogP contribution is -2.33. The number of nitrogens with one attached hydrogen (secondary N) is 2. The van der Waals surface area contributed by atoms with E-state index in [-0.39, 0.29) is 17.9 Å². The topological polar surface area (TPSA) is 106 Å². The molecule has 1 fully saturated rings. The van der Waals surface area contributed by atoms with Crippen LogP contribution in [0.1, 0.15) is 22.6 Å². The summed E-state index contributed by atoms with van der Waals surface area (Å²) in [5.41, 5.74) is 0.858. The van der Waals surface area contributed by atoms with E-state index in [0.29, 0.717) is 18.7 Å². The second kappa shape index (κ2) is 4.69. The molecule has 1 aromatic heterocycles. The lowest BCUT2D eigenvalue weighted by Gasteiger charge is -2.16. The second-order valence-electron chi connectivity index (χ2n) is 4.36. The molecule has 7 nitrogen and oxygen atoms in total. The number of likely N-dealkylation sites (tertiary alicyclic amines) is 1. The SMILES string of the molecule is Cc1cc(NC(=O)N2CCC(O)C2)c(C(=O)O)[nH]1. The predicted molar refractivity (Wildman–Crippen MR) is 63.7 cm³/mol. The largest absolute Gasteiger partial charge is 0.477 e. The van der Waals surface area contributed by atoms with Gasteiger partial charge in [0, 0.05) is 18.8 Å². The van der Waals surface area contributed by atoms with E-state index in [2.05, 4.69) is 10.3 Å². The van der Waals surface area contributed by atoms with Crippen LogP contribution >= 0.6 is 0 Å². The maximum Gasteiger partial charge on any atom is 0.354 e. The summed E-state index contributed by atoms with van der Waals surface area (Å²) in [5.74, 6) is -1.13. The average Bonchev–Trinajstić information content (AvgIpc) is 2.85. The molecule has 0 spiro atoms. The number of anilines is 1. The van der Waals surface area contributed by atoms with Crippen molar-refractivity contribution in [2.24, 2.45) is 0 Å². The van der Waals surface area contributed by atoms with Crippen LogP contribution in [-0.2, 0) is 0 Å². The van der Waals surface area contributed by atoms with Crippen molar-refractivity contribution in [1.82, 2.24) is 9.88 Å². The molecule has 0 aromatic carbocycles. The Kier molecular flexibility index (Phi) is 3.24. The molecular formula is C11H15N3O4. The number of H-pyrrole nitrogens is 1. The molecule has 2 rings (SSSR count). The van der Waals surface area contributed by atoms with Crippen molar-refractivity contribution in [3.63, 3.8) is 0 Å². The van der Waals surface area contributed by atoms with Crippen LogP contribution in [0.3, 0.4) is 0 Å². The van der Waals surface area contributed by atoms with Crippen LogP contribution in [0.5, 0.6) is 0 Å². The Bertz CT molecular complexity index is 483. The van der Waals surface area contributed by atoms with E-state index >= 15 is 0 Å². The van der Waals surface area contributed by atoms with Crippen LogP contribution in [-0.4, -0.2) is 51.3 Å². The minimum absolute atomic E-state index is 0.0411. The summed E-state index contributed by atoms with van der Waals surface area (Å²) in [5, 5.41) is 20.8. The van der Waals surface area contributed by atoms with E-state index < -0.39 is 18.1 Å². The second-order valence-corrected chi connectivity index (χ2v) is 4.36. The van der Waals surface area contributed by atoms with E-state index in [4.69, 9.17) is 5.11 Å². The molecule has 7 heteroatoms. The minimum atomic E-state index is -1.13. The van der Waals surface area contributed by atoms with E-state index in [9.17, 15) is 14.7 Å². The van der Waals surface area contributed by atoms with Gasteiger partial charge in [0.25, 0.3) is 0 Å². The van der Waals surface area contributed by atoms with Crippen molar-refractivity contribution < 1.29 is 19.8 Å². The zero-order chi connectivity index (χ0) is 13.3. The Balaban J connectivity index is 2.09. The number of nitrogens with zero attached hydrogens (tertiary/aromatic N) is 1. The van der Waals surface area contributed by atoms with Crippen LogP contribution in [0.2, 0.25) is 0 Å². The number of carboxylic acids is 1. The van der Waals surface area contributed by atoms with Crippen molar-refractivity contribution in [2.75, 3.05) is 18.4 Å². The van der Waals surface area contributed by atoms with Crippen molar-refractivity contribution in [3.8, 4) is 0 Å². The zero-order valence-corrected chi connectivity index (χ0v) is 9.93. The molecular weight excluding hydrogens is 238 g/mol. The van der Waals surface area contributed by atoms with Crippen molar-refractivity contribution >= 4 is 17.7 Å². The van der Waals surface area contributed by atoms with E-state index in [1.165, 1.54) is 4.90 Å². The fraction of sp³-hybridized carbons (Fsp3) is 0.455. The van der Waals surface area contributed by atoms with Gasteiger partial charge in [-0.05, 0) is 19.4 Å². The summed E-state index contributed by atoms with van der Waals surface area (Å²) in [4.78, 5) is 26.9. The number of aryl methyl sites for hydroxylation is 1. The first-order valence-corrected chi connectivity index (χ1v) is 5.64. The standard InChI is InChI=1S/C11H15N3O4/c1-6-4-8(9(12-6)10(16)17)13-11(18)14-3-2-7(15)5-14/h4,7,12,15H,2-3,5H2,1H3,(H,13,18)(H,16,17). The van der Waals surface area contributed by atoms with Gasteiger partial charge in [0.05, 0.1) is 11.8 Å².